The van der Waals surface area contributed by atoms with Crippen molar-refractivity contribution in [1.82, 2.24) is 4.31 Å². The van der Waals surface area contributed by atoms with E-state index < -0.39 is 10.0 Å². The summed E-state index contributed by atoms with van der Waals surface area (Å²) in [6.45, 7) is 0.689. The average molecular weight is 311 g/mol. The van der Waals surface area contributed by atoms with Gasteiger partial charge in [-0.1, -0.05) is 31.4 Å². The van der Waals surface area contributed by atoms with Crippen LogP contribution in [0.25, 0.3) is 0 Å². The van der Waals surface area contributed by atoms with Crippen LogP contribution >= 0.6 is 0 Å². The first-order valence-corrected chi connectivity index (χ1v) is 9.14. The molecule has 5 heteroatoms. The highest BCUT2D eigenvalue weighted by Crippen LogP contribution is 2.26. The minimum absolute atomic E-state index is 0.0771. The minimum Gasteiger partial charge on any atom is -0.396 e. The molecule has 0 spiro atoms. The van der Waals surface area contributed by atoms with Crippen molar-refractivity contribution in [2.45, 2.75) is 43.4 Å². The van der Waals surface area contributed by atoms with Gasteiger partial charge in [0, 0.05) is 20.2 Å². The molecule has 0 amide bonds. The Morgan fingerprint density at radius 2 is 1.76 bits per heavy atom. The summed E-state index contributed by atoms with van der Waals surface area (Å²) >= 11 is 0. The molecule has 0 atom stereocenters. The van der Waals surface area contributed by atoms with Crippen molar-refractivity contribution in [3.63, 3.8) is 0 Å². The first kappa shape index (κ1) is 16.5. The highest BCUT2D eigenvalue weighted by atomic mass is 32.2. The Morgan fingerprint density at radius 3 is 2.33 bits per heavy atom. The summed E-state index contributed by atoms with van der Waals surface area (Å²) in [6, 6.07) is 6.82. The van der Waals surface area contributed by atoms with E-state index in [9.17, 15) is 8.42 Å². The number of benzene rings is 1. The maximum Gasteiger partial charge on any atom is 0.242 e. The number of rotatable bonds is 6. The third-order valence-electron chi connectivity index (χ3n) is 4.27. The molecule has 4 nitrogen and oxygen atoms in total. The smallest absolute Gasteiger partial charge is 0.242 e. The van der Waals surface area contributed by atoms with Crippen molar-refractivity contribution in [3.05, 3.63) is 29.8 Å². The molecule has 2 rings (SSSR count). The van der Waals surface area contributed by atoms with E-state index in [-0.39, 0.29) is 6.61 Å². The Balaban J connectivity index is 2.05. The van der Waals surface area contributed by atoms with E-state index >= 15 is 0 Å². The van der Waals surface area contributed by atoms with E-state index in [1.165, 1.54) is 23.6 Å². The lowest BCUT2D eigenvalue weighted by atomic mass is 9.89. The molecule has 1 saturated carbocycles. The van der Waals surface area contributed by atoms with E-state index in [2.05, 4.69) is 0 Å². The fourth-order valence-corrected chi connectivity index (χ4v) is 4.22. The summed E-state index contributed by atoms with van der Waals surface area (Å²) in [5.41, 5.74) is 0.950. The van der Waals surface area contributed by atoms with E-state index in [0.717, 1.165) is 18.4 Å². The lowest BCUT2D eigenvalue weighted by Crippen LogP contribution is -2.32. The Morgan fingerprint density at radius 1 is 1.14 bits per heavy atom. The third kappa shape index (κ3) is 4.28. The average Bonchev–Trinajstić information content (AvgIpc) is 2.49. The fraction of sp³-hybridized carbons (Fsp3) is 0.625. The molecule has 1 N–H and O–H groups in total. The Kier molecular flexibility index (Phi) is 5.79. The van der Waals surface area contributed by atoms with Gasteiger partial charge in [-0.05, 0) is 42.9 Å². The van der Waals surface area contributed by atoms with Gasteiger partial charge in [0.05, 0.1) is 4.90 Å². The number of sulfonamides is 1. The lowest BCUT2D eigenvalue weighted by Gasteiger charge is -2.26. The zero-order valence-electron chi connectivity index (χ0n) is 12.7. The van der Waals surface area contributed by atoms with Crippen LogP contribution in [0, 0.1) is 5.92 Å². The first-order valence-electron chi connectivity index (χ1n) is 7.70. The second-order valence-electron chi connectivity index (χ2n) is 5.91. The molecule has 0 radical (unpaired) electrons. The summed E-state index contributed by atoms with van der Waals surface area (Å²) in [6.07, 6.45) is 6.53. The lowest BCUT2D eigenvalue weighted by molar-refractivity contribution is 0.299. The van der Waals surface area contributed by atoms with Crippen LogP contribution in [-0.4, -0.2) is 38.0 Å². The quantitative estimate of drug-likeness (QED) is 0.878. The standard InChI is InChI=1S/C16H25NO3S/c1-17(13-15-5-3-2-4-6-15)21(19,20)16-9-7-14(8-10-16)11-12-18/h7-10,15,18H,2-6,11-13H2,1H3. The van der Waals surface area contributed by atoms with Gasteiger partial charge in [-0.3, -0.25) is 0 Å². The molecule has 118 valence electrons. The summed E-state index contributed by atoms with van der Waals surface area (Å²) < 4.78 is 26.6. The Bertz CT molecular complexity index is 533. The zero-order valence-corrected chi connectivity index (χ0v) is 13.5. The predicted octanol–water partition coefficient (Wildman–Crippen LogP) is 2.42. The molecule has 0 saturated heterocycles. The molecule has 1 aromatic rings. The van der Waals surface area contributed by atoms with Crippen LogP contribution < -0.4 is 0 Å². The second kappa shape index (κ2) is 7.38. The van der Waals surface area contributed by atoms with Crippen LogP contribution in [0.4, 0.5) is 0 Å². The summed E-state index contributed by atoms with van der Waals surface area (Å²) in [5.74, 6) is 0.493. The number of aliphatic hydroxyl groups excluding tert-OH is 1. The zero-order chi connectivity index (χ0) is 15.3. The maximum atomic E-state index is 12.6. The Labute approximate surface area is 127 Å². The molecule has 0 aromatic heterocycles. The molecular weight excluding hydrogens is 286 g/mol. The highest BCUT2D eigenvalue weighted by Gasteiger charge is 2.24. The van der Waals surface area contributed by atoms with Gasteiger partial charge < -0.3 is 5.11 Å². The van der Waals surface area contributed by atoms with Crippen molar-refractivity contribution in [2.24, 2.45) is 5.92 Å². The summed E-state index contributed by atoms with van der Waals surface area (Å²) in [7, 11) is -1.73. The molecule has 0 heterocycles. The first-order chi connectivity index (χ1) is 10.0. The normalized spacial score (nSPS) is 17.3. The van der Waals surface area contributed by atoms with Gasteiger partial charge in [-0.2, -0.15) is 0 Å². The van der Waals surface area contributed by atoms with Gasteiger partial charge in [-0.25, -0.2) is 12.7 Å². The van der Waals surface area contributed by atoms with Crippen LogP contribution in [-0.2, 0) is 16.4 Å². The van der Waals surface area contributed by atoms with E-state index in [1.807, 2.05) is 0 Å². The summed E-state index contributed by atoms with van der Waals surface area (Å²) in [4.78, 5) is 0.336. The monoisotopic (exact) mass is 311 g/mol. The van der Waals surface area contributed by atoms with E-state index in [4.69, 9.17) is 5.11 Å². The molecule has 1 aromatic carbocycles. The number of hydrogen-bond donors (Lipinski definition) is 1. The topological polar surface area (TPSA) is 57.6 Å². The third-order valence-corrected chi connectivity index (χ3v) is 6.11. The Hall–Kier alpha value is -0.910. The SMILES string of the molecule is CN(CC1CCCCC1)S(=O)(=O)c1ccc(CCO)cc1. The highest BCUT2D eigenvalue weighted by molar-refractivity contribution is 7.89. The van der Waals surface area contributed by atoms with E-state index in [0.29, 0.717) is 23.8 Å². The second-order valence-corrected chi connectivity index (χ2v) is 7.95. The molecule has 0 unspecified atom stereocenters. The predicted molar refractivity (Wildman–Crippen MR) is 83.6 cm³/mol. The van der Waals surface area contributed by atoms with Crippen molar-refractivity contribution in [2.75, 3.05) is 20.2 Å². The molecule has 1 aliphatic carbocycles. The van der Waals surface area contributed by atoms with Crippen LogP contribution in [0.1, 0.15) is 37.7 Å². The van der Waals surface area contributed by atoms with Crippen LogP contribution in [0.5, 0.6) is 0 Å². The number of nitrogens with zero attached hydrogens (tertiary/aromatic N) is 1. The summed E-state index contributed by atoms with van der Waals surface area (Å²) in [5, 5.41) is 8.89. The molecule has 0 aliphatic heterocycles. The van der Waals surface area contributed by atoms with Gasteiger partial charge in [-0.15, -0.1) is 0 Å². The van der Waals surface area contributed by atoms with Crippen LogP contribution in [0.2, 0.25) is 0 Å². The van der Waals surface area contributed by atoms with Gasteiger partial charge in [0.1, 0.15) is 0 Å². The van der Waals surface area contributed by atoms with Crippen molar-refractivity contribution >= 4 is 10.0 Å². The molecular formula is C16H25NO3S. The van der Waals surface area contributed by atoms with Gasteiger partial charge in [0.2, 0.25) is 10.0 Å². The maximum absolute atomic E-state index is 12.6. The van der Waals surface area contributed by atoms with Gasteiger partial charge in [0.25, 0.3) is 0 Å². The van der Waals surface area contributed by atoms with Crippen molar-refractivity contribution in [3.8, 4) is 0 Å². The minimum atomic E-state index is -3.40. The molecule has 21 heavy (non-hydrogen) atoms. The molecule has 0 bridgehead atoms. The van der Waals surface area contributed by atoms with Crippen LogP contribution in [0.3, 0.4) is 0 Å². The fourth-order valence-electron chi connectivity index (χ4n) is 2.97. The largest absolute Gasteiger partial charge is 0.396 e. The van der Waals surface area contributed by atoms with Crippen molar-refractivity contribution in [1.29, 1.82) is 0 Å². The molecule has 1 aliphatic rings. The molecule has 1 fully saturated rings. The van der Waals surface area contributed by atoms with Crippen LogP contribution in [0.15, 0.2) is 29.2 Å². The number of hydrogen-bond acceptors (Lipinski definition) is 3. The van der Waals surface area contributed by atoms with Crippen molar-refractivity contribution < 1.29 is 13.5 Å². The van der Waals surface area contributed by atoms with E-state index in [1.54, 1.807) is 31.3 Å². The number of aliphatic hydroxyl groups is 1. The van der Waals surface area contributed by atoms with Gasteiger partial charge >= 0.3 is 0 Å². The van der Waals surface area contributed by atoms with Gasteiger partial charge in [0.15, 0.2) is 0 Å².